The van der Waals surface area contributed by atoms with Crippen molar-refractivity contribution >= 4 is 0 Å². The number of nitrogens with one attached hydrogen (secondary N) is 1. The van der Waals surface area contributed by atoms with Crippen LogP contribution in [0, 0.1) is 11.3 Å². The summed E-state index contributed by atoms with van der Waals surface area (Å²) in [6, 6.07) is 2.33. The van der Waals surface area contributed by atoms with Gasteiger partial charge >= 0.3 is 0 Å². The summed E-state index contributed by atoms with van der Waals surface area (Å²) < 4.78 is 5.36. The quantitative estimate of drug-likeness (QED) is 0.711. The van der Waals surface area contributed by atoms with Crippen LogP contribution in [0.25, 0.3) is 0 Å². The second-order valence-electron chi connectivity index (χ2n) is 5.31. The SMILES string of the molecule is COC(C)(C)CC(C)(C#N)NCCN(C)C. The summed E-state index contributed by atoms with van der Waals surface area (Å²) in [6.45, 7) is 7.64. The van der Waals surface area contributed by atoms with E-state index in [1.54, 1.807) is 7.11 Å². The van der Waals surface area contributed by atoms with E-state index >= 15 is 0 Å². The molecule has 0 rings (SSSR count). The predicted molar refractivity (Wildman–Crippen MR) is 66.3 cm³/mol. The average molecular weight is 227 g/mol. The molecule has 0 aromatic carbocycles. The van der Waals surface area contributed by atoms with Gasteiger partial charge in [-0.2, -0.15) is 5.26 Å². The van der Waals surface area contributed by atoms with Crippen molar-refractivity contribution in [1.82, 2.24) is 10.2 Å². The molecule has 0 radical (unpaired) electrons. The minimum Gasteiger partial charge on any atom is -0.379 e. The first-order chi connectivity index (χ1) is 7.24. The van der Waals surface area contributed by atoms with Gasteiger partial charge in [-0.3, -0.25) is 5.32 Å². The lowest BCUT2D eigenvalue weighted by Crippen LogP contribution is -2.48. The Morgan fingerprint density at radius 3 is 2.25 bits per heavy atom. The predicted octanol–water partition coefficient (Wildman–Crippen LogP) is 1.23. The van der Waals surface area contributed by atoms with Crippen molar-refractivity contribution in [2.24, 2.45) is 0 Å². The van der Waals surface area contributed by atoms with Gasteiger partial charge in [-0.1, -0.05) is 0 Å². The van der Waals surface area contributed by atoms with Crippen molar-refractivity contribution in [3.05, 3.63) is 0 Å². The Labute approximate surface area is 99.6 Å². The molecule has 16 heavy (non-hydrogen) atoms. The van der Waals surface area contributed by atoms with Crippen LogP contribution in [0.2, 0.25) is 0 Å². The van der Waals surface area contributed by atoms with E-state index < -0.39 is 5.54 Å². The molecule has 0 amide bonds. The second-order valence-corrected chi connectivity index (χ2v) is 5.31. The average Bonchev–Trinajstić information content (AvgIpc) is 2.16. The van der Waals surface area contributed by atoms with Gasteiger partial charge in [0.15, 0.2) is 0 Å². The fourth-order valence-electron chi connectivity index (χ4n) is 1.62. The third kappa shape index (κ3) is 6.06. The van der Waals surface area contributed by atoms with Gasteiger partial charge in [-0.05, 0) is 34.9 Å². The van der Waals surface area contributed by atoms with Crippen LogP contribution in [0.5, 0.6) is 0 Å². The highest BCUT2D eigenvalue weighted by Gasteiger charge is 2.32. The van der Waals surface area contributed by atoms with Crippen molar-refractivity contribution in [3.63, 3.8) is 0 Å². The molecule has 0 heterocycles. The Hall–Kier alpha value is -0.630. The molecule has 1 atom stereocenters. The number of hydrogen-bond donors (Lipinski definition) is 1. The van der Waals surface area contributed by atoms with E-state index in [4.69, 9.17) is 4.74 Å². The summed E-state index contributed by atoms with van der Waals surface area (Å²) >= 11 is 0. The van der Waals surface area contributed by atoms with E-state index in [0.29, 0.717) is 6.42 Å². The molecule has 0 spiro atoms. The lowest BCUT2D eigenvalue weighted by molar-refractivity contribution is 0.00108. The maximum atomic E-state index is 9.23. The van der Waals surface area contributed by atoms with Gasteiger partial charge in [-0.15, -0.1) is 0 Å². The van der Waals surface area contributed by atoms with Crippen LogP contribution in [0.1, 0.15) is 27.2 Å². The molecular formula is C12H25N3O. The molecule has 0 aliphatic rings. The molecule has 4 heteroatoms. The van der Waals surface area contributed by atoms with Gasteiger partial charge < -0.3 is 9.64 Å². The topological polar surface area (TPSA) is 48.3 Å². The summed E-state index contributed by atoms with van der Waals surface area (Å²) in [4.78, 5) is 2.09. The molecule has 0 saturated heterocycles. The van der Waals surface area contributed by atoms with Crippen molar-refractivity contribution in [1.29, 1.82) is 5.26 Å². The fraction of sp³-hybridized carbons (Fsp3) is 0.917. The number of nitriles is 1. The summed E-state index contributed by atoms with van der Waals surface area (Å²) in [5.41, 5.74) is -0.814. The Morgan fingerprint density at radius 1 is 1.31 bits per heavy atom. The van der Waals surface area contributed by atoms with E-state index in [0.717, 1.165) is 13.1 Å². The summed E-state index contributed by atoms with van der Waals surface area (Å²) in [5, 5.41) is 12.5. The third-order valence-corrected chi connectivity index (χ3v) is 2.65. The van der Waals surface area contributed by atoms with Gasteiger partial charge in [0.2, 0.25) is 0 Å². The van der Waals surface area contributed by atoms with Crippen molar-refractivity contribution in [3.8, 4) is 6.07 Å². The number of methoxy groups -OCH3 is 1. The minimum atomic E-state index is -0.532. The fourth-order valence-corrected chi connectivity index (χ4v) is 1.62. The van der Waals surface area contributed by atoms with E-state index in [1.807, 2.05) is 34.9 Å². The molecule has 0 aromatic heterocycles. The first-order valence-corrected chi connectivity index (χ1v) is 5.61. The Bertz CT molecular complexity index is 245. The maximum absolute atomic E-state index is 9.23. The highest BCUT2D eigenvalue weighted by molar-refractivity contribution is 5.06. The zero-order chi connectivity index (χ0) is 12.8. The van der Waals surface area contributed by atoms with Gasteiger partial charge in [0.25, 0.3) is 0 Å². The number of rotatable bonds is 7. The molecule has 0 saturated carbocycles. The summed E-state index contributed by atoms with van der Waals surface area (Å²) in [7, 11) is 5.71. The monoisotopic (exact) mass is 227 g/mol. The van der Waals surface area contributed by atoms with E-state index in [-0.39, 0.29) is 5.60 Å². The second kappa shape index (κ2) is 6.19. The molecule has 4 nitrogen and oxygen atoms in total. The zero-order valence-electron chi connectivity index (χ0n) is 11.4. The lowest BCUT2D eigenvalue weighted by Gasteiger charge is -2.32. The first kappa shape index (κ1) is 15.4. The van der Waals surface area contributed by atoms with E-state index in [1.165, 1.54) is 0 Å². The Morgan fingerprint density at radius 2 is 1.88 bits per heavy atom. The highest BCUT2D eigenvalue weighted by Crippen LogP contribution is 2.22. The van der Waals surface area contributed by atoms with Gasteiger partial charge in [0, 0.05) is 26.6 Å². The maximum Gasteiger partial charge on any atom is 0.106 e. The third-order valence-electron chi connectivity index (χ3n) is 2.65. The zero-order valence-corrected chi connectivity index (χ0v) is 11.4. The number of hydrogen-bond acceptors (Lipinski definition) is 4. The molecule has 1 N–H and O–H groups in total. The van der Waals surface area contributed by atoms with Crippen LogP contribution < -0.4 is 5.32 Å². The Kier molecular flexibility index (Phi) is 5.95. The molecule has 0 fully saturated rings. The first-order valence-electron chi connectivity index (χ1n) is 5.61. The van der Waals surface area contributed by atoms with Crippen LogP contribution in [-0.4, -0.2) is 50.3 Å². The van der Waals surface area contributed by atoms with Gasteiger partial charge in [0.1, 0.15) is 5.54 Å². The van der Waals surface area contributed by atoms with Gasteiger partial charge in [0.05, 0.1) is 11.7 Å². The number of likely N-dealkylation sites (N-methyl/N-ethyl adjacent to an activating group) is 1. The van der Waals surface area contributed by atoms with Crippen LogP contribution in [-0.2, 0) is 4.74 Å². The largest absolute Gasteiger partial charge is 0.379 e. The molecule has 94 valence electrons. The molecule has 0 aliphatic heterocycles. The smallest absolute Gasteiger partial charge is 0.106 e. The molecule has 0 aliphatic carbocycles. The highest BCUT2D eigenvalue weighted by atomic mass is 16.5. The van der Waals surface area contributed by atoms with Crippen molar-refractivity contribution in [2.45, 2.75) is 38.3 Å². The molecule has 1 unspecified atom stereocenters. The van der Waals surface area contributed by atoms with E-state index in [9.17, 15) is 5.26 Å². The lowest BCUT2D eigenvalue weighted by atomic mass is 9.89. The van der Waals surface area contributed by atoms with Crippen LogP contribution in [0.3, 0.4) is 0 Å². The van der Waals surface area contributed by atoms with E-state index in [2.05, 4.69) is 16.3 Å². The van der Waals surface area contributed by atoms with Crippen LogP contribution >= 0.6 is 0 Å². The van der Waals surface area contributed by atoms with Crippen LogP contribution in [0.15, 0.2) is 0 Å². The van der Waals surface area contributed by atoms with Crippen LogP contribution in [0.4, 0.5) is 0 Å². The molecule has 0 aromatic rings. The van der Waals surface area contributed by atoms with Gasteiger partial charge in [-0.25, -0.2) is 0 Å². The Balaban J connectivity index is 4.28. The molecular weight excluding hydrogens is 202 g/mol. The number of nitrogens with zero attached hydrogens (tertiary/aromatic N) is 2. The number of ether oxygens (including phenoxy) is 1. The normalized spacial score (nSPS) is 15.9. The summed E-state index contributed by atoms with van der Waals surface area (Å²) in [6.07, 6.45) is 0.667. The molecule has 0 bridgehead atoms. The summed E-state index contributed by atoms with van der Waals surface area (Å²) in [5.74, 6) is 0. The standard InChI is InChI=1S/C12H25N3O/c1-11(2,16-6)9-12(3,10-13)14-7-8-15(4)5/h14H,7-9H2,1-6H3. The van der Waals surface area contributed by atoms with Crippen molar-refractivity contribution < 1.29 is 4.74 Å². The van der Waals surface area contributed by atoms with Crippen molar-refractivity contribution in [2.75, 3.05) is 34.3 Å². The minimum absolute atomic E-state index is 0.282.